The number of alkyl halides is 3. The number of aromatic nitrogens is 1. The van der Waals surface area contributed by atoms with Gasteiger partial charge in [0.05, 0.1) is 6.20 Å². The maximum Gasteiger partial charge on any atom is 0.573 e. The fourth-order valence-corrected chi connectivity index (χ4v) is 4.82. The van der Waals surface area contributed by atoms with Crippen LogP contribution in [0.4, 0.5) is 18.3 Å². The maximum atomic E-state index is 12.8. The molecule has 1 heterocycles. The number of nitrogens with zero attached hydrogens (tertiary/aromatic N) is 1. The third-order valence-electron chi connectivity index (χ3n) is 3.71. The van der Waals surface area contributed by atoms with Crippen molar-refractivity contribution in [2.75, 3.05) is 4.72 Å². The normalized spacial score (nSPS) is 12.8. The van der Waals surface area contributed by atoms with Crippen LogP contribution < -0.4 is 14.2 Å². The Kier molecular flexibility index (Phi) is 7.48. The quantitative estimate of drug-likeness (QED) is 0.426. The molecule has 0 aliphatic heterocycles. The summed E-state index contributed by atoms with van der Waals surface area (Å²) in [4.78, 5) is 15.4. The minimum Gasteiger partial charge on any atom is -0.414 e. The van der Waals surface area contributed by atoms with Gasteiger partial charge in [-0.2, -0.15) is 0 Å². The number of hydrogen-bond acceptors (Lipinski definition) is 7. The molecule has 1 atom stereocenters. The molecule has 7 nitrogen and oxygen atoms in total. The Hall–Kier alpha value is -2.60. The summed E-state index contributed by atoms with van der Waals surface area (Å²) in [6.07, 6.45) is -1.68. The fourth-order valence-electron chi connectivity index (χ4n) is 2.49. The van der Waals surface area contributed by atoms with E-state index in [4.69, 9.17) is 4.74 Å². The summed E-state index contributed by atoms with van der Waals surface area (Å²) in [5.41, 5.74) is 0.485. The molecule has 0 spiro atoms. The van der Waals surface area contributed by atoms with Crippen molar-refractivity contribution >= 4 is 32.5 Å². The third kappa shape index (κ3) is 6.46. The lowest BCUT2D eigenvalue weighted by Gasteiger charge is -2.18. The van der Waals surface area contributed by atoms with E-state index in [1.165, 1.54) is 19.2 Å². The van der Waals surface area contributed by atoms with Crippen molar-refractivity contribution in [2.24, 2.45) is 0 Å². The van der Waals surface area contributed by atoms with Crippen molar-refractivity contribution in [1.29, 1.82) is 0 Å². The second-order valence-corrected chi connectivity index (χ2v) is 8.87. The van der Waals surface area contributed by atoms with E-state index in [1.807, 2.05) is 6.92 Å². The van der Waals surface area contributed by atoms with Gasteiger partial charge in [0.1, 0.15) is 11.0 Å². The molecule has 30 heavy (non-hydrogen) atoms. The van der Waals surface area contributed by atoms with Gasteiger partial charge in [0.2, 0.25) is 15.1 Å². The highest BCUT2D eigenvalue weighted by atomic mass is 32.2. The number of hydrogen-bond donors (Lipinski definition) is 1. The lowest BCUT2D eigenvalue weighted by Crippen LogP contribution is -2.21. The number of rotatable bonds is 9. The van der Waals surface area contributed by atoms with Crippen LogP contribution in [0.2, 0.25) is 0 Å². The number of benzene rings is 1. The van der Waals surface area contributed by atoms with Crippen molar-refractivity contribution in [3.05, 3.63) is 48.2 Å². The van der Waals surface area contributed by atoms with Crippen LogP contribution in [0.1, 0.15) is 36.1 Å². The molecule has 1 aromatic carbocycles. The molecule has 0 saturated carbocycles. The number of sulfonamides is 1. The Balaban J connectivity index is 2.21. The summed E-state index contributed by atoms with van der Waals surface area (Å²) in [5.74, 6) is -0.924. The van der Waals surface area contributed by atoms with Gasteiger partial charge in [-0.05, 0) is 36.6 Å². The Morgan fingerprint density at radius 2 is 2.10 bits per heavy atom. The van der Waals surface area contributed by atoms with Gasteiger partial charge >= 0.3 is 12.3 Å². The van der Waals surface area contributed by atoms with Crippen LogP contribution in [0, 0.1) is 6.92 Å². The number of carbonyl (C=O) groups is 1. The Morgan fingerprint density at radius 1 is 1.40 bits per heavy atom. The van der Waals surface area contributed by atoms with E-state index in [0.717, 1.165) is 29.5 Å². The number of halogens is 3. The van der Waals surface area contributed by atoms with Crippen molar-refractivity contribution in [3.8, 4) is 10.8 Å². The van der Waals surface area contributed by atoms with Gasteiger partial charge in [-0.15, -0.1) is 19.8 Å². The molecule has 2 aromatic rings. The average Bonchev–Trinajstić information content (AvgIpc) is 3.02. The highest BCUT2D eigenvalue weighted by Crippen LogP contribution is 2.34. The van der Waals surface area contributed by atoms with E-state index >= 15 is 0 Å². The van der Waals surface area contributed by atoms with E-state index < -0.39 is 33.4 Å². The van der Waals surface area contributed by atoms with Crippen LogP contribution in [0.3, 0.4) is 0 Å². The van der Waals surface area contributed by atoms with Crippen LogP contribution >= 0.6 is 11.3 Å². The molecule has 0 aliphatic carbocycles. The Bertz CT molecular complexity index is 1020. The van der Waals surface area contributed by atoms with Crippen LogP contribution in [0.5, 0.6) is 10.8 Å². The summed E-state index contributed by atoms with van der Waals surface area (Å²) in [7, 11) is -4.10. The molecule has 164 valence electrons. The molecule has 0 fully saturated rings. The molecule has 1 unspecified atom stereocenters. The molecule has 0 radical (unpaired) electrons. The summed E-state index contributed by atoms with van der Waals surface area (Å²) < 4.78 is 73.9. The summed E-state index contributed by atoms with van der Waals surface area (Å²) in [6.45, 7) is 6.79. The van der Waals surface area contributed by atoms with E-state index in [1.54, 1.807) is 0 Å². The van der Waals surface area contributed by atoms with Gasteiger partial charge in [0.15, 0.2) is 5.13 Å². The highest BCUT2D eigenvalue weighted by Gasteiger charge is 2.32. The first kappa shape index (κ1) is 23.7. The first-order valence-electron chi connectivity index (χ1n) is 8.62. The number of carbonyl (C=O) groups excluding carboxylic acids is 1. The van der Waals surface area contributed by atoms with Gasteiger partial charge in [-0.25, -0.2) is 13.4 Å². The number of aryl methyl sites for hydroxylation is 1. The first-order chi connectivity index (χ1) is 13.9. The number of esters is 1. The third-order valence-corrected chi connectivity index (χ3v) is 6.23. The number of ether oxygens (including phenoxy) is 2. The minimum absolute atomic E-state index is 0.0316. The zero-order valence-electron chi connectivity index (χ0n) is 16.0. The zero-order valence-corrected chi connectivity index (χ0v) is 17.7. The van der Waals surface area contributed by atoms with Crippen molar-refractivity contribution in [2.45, 2.75) is 38.3 Å². The smallest absolute Gasteiger partial charge is 0.414 e. The minimum atomic E-state index is -4.86. The topological polar surface area (TPSA) is 94.6 Å². The van der Waals surface area contributed by atoms with Crippen molar-refractivity contribution in [3.63, 3.8) is 0 Å². The molecule has 2 rings (SSSR count). The van der Waals surface area contributed by atoms with E-state index in [0.29, 0.717) is 6.42 Å². The van der Waals surface area contributed by atoms with E-state index in [2.05, 4.69) is 21.0 Å². The molecule has 1 N–H and O–H groups in total. The van der Waals surface area contributed by atoms with Gasteiger partial charge < -0.3 is 9.47 Å². The zero-order chi connectivity index (χ0) is 22.5. The maximum absolute atomic E-state index is 12.8. The second kappa shape index (κ2) is 9.47. The lowest BCUT2D eigenvalue weighted by molar-refractivity contribution is -0.274. The average molecular weight is 464 g/mol. The second-order valence-electron chi connectivity index (χ2n) is 6.08. The van der Waals surface area contributed by atoms with Crippen LogP contribution in [0.25, 0.3) is 0 Å². The predicted octanol–water partition coefficient (Wildman–Crippen LogP) is 4.72. The fraction of sp³-hybridized carbons (Fsp3) is 0.333. The number of thiazole rings is 1. The van der Waals surface area contributed by atoms with Gasteiger partial charge in [-0.1, -0.05) is 30.4 Å². The molecule has 0 amide bonds. The van der Waals surface area contributed by atoms with Crippen molar-refractivity contribution < 1.29 is 35.9 Å². The number of anilines is 1. The van der Waals surface area contributed by atoms with Gasteiger partial charge in [-0.3, -0.25) is 9.52 Å². The van der Waals surface area contributed by atoms with Gasteiger partial charge in [0.25, 0.3) is 0 Å². The first-order valence-corrected chi connectivity index (χ1v) is 11.0. The SMILES string of the molecule is C=CC(c1ccc(OC(F)(F)F)cc1C)S(=O)(=O)Nc1ncc(OC(=O)CCC)s1. The van der Waals surface area contributed by atoms with E-state index in [9.17, 15) is 26.4 Å². The standard InChI is InChI=1S/C18H19F3N2O5S2/c1-4-6-15(24)27-16-10-22-17(29-16)23-30(25,26)14(5-2)13-8-7-12(9-11(13)3)28-18(19,20)21/h5,7-10,14H,2,4,6H2,1,3H3,(H,22,23). The van der Waals surface area contributed by atoms with Crippen LogP contribution in [-0.4, -0.2) is 25.7 Å². The largest absolute Gasteiger partial charge is 0.573 e. The van der Waals surface area contributed by atoms with Crippen LogP contribution in [-0.2, 0) is 14.8 Å². The van der Waals surface area contributed by atoms with Gasteiger partial charge in [0, 0.05) is 6.42 Å². The number of nitrogens with one attached hydrogen (secondary N) is 1. The molecule has 0 saturated heterocycles. The van der Waals surface area contributed by atoms with Crippen LogP contribution in [0.15, 0.2) is 37.1 Å². The monoisotopic (exact) mass is 464 g/mol. The molecule has 12 heteroatoms. The summed E-state index contributed by atoms with van der Waals surface area (Å²) in [5, 5.41) is -1.17. The molecule has 0 aliphatic rings. The molecule has 0 bridgehead atoms. The molecular formula is C18H19F3N2O5S2. The Morgan fingerprint density at radius 3 is 2.67 bits per heavy atom. The molecular weight excluding hydrogens is 445 g/mol. The lowest BCUT2D eigenvalue weighted by atomic mass is 10.1. The highest BCUT2D eigenvalue weighted by molar-refractivity contribution is 7.93. The van der Waals surface area contributed by atoms with E-state index in [-0.39, 0.29) is 27.7 Å². The summed E-state index contributed by atoms with van der Waals surface area (Å²) >= 11 is 0.826. The molecule has 1 aromatic heterocycles. The predicted molar refractivity (Wildman–Crippen MR) is 106 cm³/mol. The Labute approximate surface area is 175 Å². The van der Waals surface area contributed by atoms with Crippen molar-refractivity contribution in [1.82, 2.24) is 4.98 Å². The summed E-state index contributed by atoms with van der Waals surface area (Å²) in [6, 6.07) is 3.34.